The molecular formula is C12H16N2O3S. The Morgan fingerprint density at radius 2 is 1.94 bits per heavy atom. The molecule has 0 unspecified atom stereocenters. The van der Waals surface area contributed by atoms with Crippen LogP contribution in [0.2, 0.25) is 0 Å². The maximum Gasteiger partial charge on any atom is 0.244 e. The van der Waals surface area contributed by atoms with Gasteiger partial charge >= 0.3 is 0 Å². The molecule has 1 atom stereocenters. The number of nitrogens with zero attached hydrogens (tertiary/aromatic N) is 2. The molecule has 18 heavy (non-hydrogen) atoms. The zero-order valence-corrected chi connectivity index (χ0v) is 11.4. The number of ether oxygens (including phenoxy) is 1. The maximum atomic E-state index is 12.2. The Hall–Kier alpha value is -1.42. The minimum atomic E-state index is -3.66. The number of likely N-dealkylation sites (N-methyl/N-ethyl adjacent to an activating group) is 1. The normalized spacial score (nSPS) is 13.3. The summed E-state index contributed by atoms with van der Waals surface area (Å²) in [5.41, 5.74) is 0.977. The van der Waals surface area contributed by atoms with Crippen molar-refractivity contribution in [1.82, 2.24) is 4.31 Å². The molecular weight excluding hydrogens is 252 g/mol. The van der Waals surface area contributed by atoms with Gasteiger partial charge in [0.15, 0.2) is 0 Å². The van der Waals surface area contributed by atoms with Gasteiger partial charge in [0.1, 0.15) is 6.04 Å². The predicted molar refractivity (Wildman–Crippen MR) is 67.4 cm³/mol. The second kappa shape index (κ2) is 5.96. The summed E-state index contributed by atoms with van der Waals surface area (Å²) in [5, 5.41) is 8.95. The standard InChI is InChI=1S/C12H16N2O3S/c1-10-4-6-12(7-5-10)18(15,16)14(2)11(8-13)9-17-3/h4-7,11H,9H2,1-3H3/t11-/m0/s1. The molecule has 0 heterocycles. The Morgan fingerprint density at radius 1 is 1.39 bits per heavy atom. The first-order valence-corrected chi connectivity index (χ1v) is 6.80. The van der Waals surface area contributed by atoms with Gasteiger partial charge in [-0.25, -0.2) is 8.42 Å². The molecule has 0 saturated heterocycles. The predicted octanol–water partition coefficient (Wildman–Crippen LogP) is 1.15. The molecule has 0 fully saturated rings. The number of hydrogen-bond acceptors (Lipinski definition) is 4. The number of benzene rings is 1. The lowest BCUT2D eigenvalue weighted by molar-refractivity contribution is 0.163. The van der Waals surface area contributed by atoms with Crippen LogP contribution in [0.3, 0.4) is 0 Å². The van der Waals surface area contributed by atoms with Crippen molar-refractivity contribution >= 4 is 10.0 Å². The smallest absolute Gasteiger partial charge is 0.244 e. The average molecular weight is 268 g/mol. The van der Waals surface area contributed by atoms with Crippen molar-refractivity contribution in [1.29, 1.82) is 5.26 Å². The third-order valence-electron chi connectivity index (χ3n) is 2.61. The van der Waals surface area contributed by atoms with Crippen LogP contribution in [0.25, 0.3) is 0 Å². The van der Waals surface area contributed by atoms with E-state index < -0.39 is 16.1 Å². The lowest BCUT2D eigenvalue weighted by Crippen LogP contribution is -2.38. The second-order valence-electron chi connectivity index (χ2n) is 3.93. The molecule has 6 heteroatoms. The Balaban J connectivity index is 3.06. The van der Waals surface area contributed by atoms with Gasteiger partial charge in [-0.15, -0.1) is 0 Å². The molecule has 0 amide bonds. The van der Waals surface area contributed by atoms with Gasteiger partial charge in [0.05, 0.1) is 17.6 Å². The number of aryl methyl sites for hydroxylation is 1. The van der Waals surface area contributed by atoms with Crippen molar-refractivity contribution in [2.45, 2.75) is 17.9 Å². The summed E-state index contributed by atoms with van der Waals surface area (Å²) in [4.78, 5) is 0.173. The highest BCUT2D eigenvalue weighted by Gasteiger charge is 2.27. The molecule has 5 nitrogen and oxygen atoms in total. The van der Waals surface area contributed by atoms with E-state index in [0.29, 0.717) is 0 Å². The minimum absolute atomic E-state index is 0.0398. The number of hydrogen-bond donors (Lipinski definition) is 0. The van der Waals surface area contributed by atoms with E-state index >= 15 is 0 Å². The highest BCUT2D eigenvalue weighted by atomic mass is 32.2. The molecule has 0 aliphatic carbocycles. The van der Waals surface area contributed by atoms with Gasteiger partial charge in [-0.1, -0.05) is 17.7 Å². The largest absolute Gasteiger partial charge is 0.382 e. The zero-order chi connectivity index (χ0) is 13.8. The molecule has 0 saturated carbocycles. The first-order chi connectivity index (χ1) is 8.43. The number of sulfonamides is 1. The Bertz CT molecular complexity index is 531. The molecule has 0 radical (unpaired) electrons. The Morgan fingerprint density at radius 3 is 2.39 bits per heavy atom. The summed E-state index contributed by atoms with van der Waals surface area (Å²) < 4.78 is 30.3. The van der Waals surface area contributed by atoms with E-state index in [-0.39, 0.29) is 11.5 Å². The van der Waals surface area contributed by atoms with Crippen LogP contribution in [-0.4, -0.2) is 39.5 Å². The van der Waals surface area contributed by atoms with Crippen molar-refractivity contribution in [3.63, 3.8) is 0 Å². The van der Waals surface area contributed by atoms with Crippen LogP contribution in [0.4, 0.5) is 0 Å². The van der Waals surface area contributed by atoms with E-state index in [1.54, 1.807) is 12.1 Å². The highest BCUT2D eigenvalue weighted by Crippen LogP contribution is 2.17. The Labute approximate surface area is 108 Å². The number of nitriles is 1. The van der Waals surface area contributed by atoms with Crippen LogP contribution in [0, 0.1) is 18.3 Å². The molecule has 1 aromatic rings. The topological polar surface area (TPSA) is 70.4 Å². The maximum absolute atomic E-state index is 12.2. The van der Waals surface area contributed by atoms with Gasteiger partial charge in [0, 0.05) is 14.2 Å². The van der Waals surface area contributed by atoms with Gasteiger partial charge < -0.3 is 4.74 Å². The molecule has 0 aliphatic heterocycles. The van der Waals surface area contributed by atoms with Crippen LogP contribution in [-0.2, 0) is 14.8 Å². The third kappa shape index (κ3) is 3.07. The van der Waals surface area contributed by atoms with Gasteiger partial charge in [0.25, 0.3) is 0 Å². The van der Waals surface area contributed by atoms with Crippen LogP contribution < -0.4 is 0 Å². The van der Waals surface area contributed by atoms with Crippen molar-refractivity contribution < 1.29 is 13.2 Å². The van der Waals surface area contributed by atoms with Gasteiger partial charge in [-0.3, -0.25) is 0 Å². The van der Waals surface area contributed by atoms with Crippen LogP contribution >= 0.6 is 0 Å². The van der Waals surface area contributed by atoms with Crippen molar-refractivity contribution in [3.8, 4) is 6.07 Å². The molecule has 0 aromatic heterocycles. The molecule has 1 aromatic carbocycles. The fourth-order valence-electron chi connectivity index (χ4n) is 1.43. The summed E-state index contributed by atoms with van der Waals surface area (Å²) in [5.74, 6) is 0. The number of methoxy groups -OCH3 is 1. The van der Waals surface area contributed by atoms with E-state index in [4.69, 9.17) is 10.00 Å². The molecule has 0 N–H and O–H groups in total. The average Bonchev–Trinajstić information content (AvgIpc) is 2.35. The van der Waals surface area contributed by atoms with Crippen molar-refractivity contribution in [3.05, 3.63) is 29.8 Å². The third-order valence-corrected chi connectivity index (χ3v) is 4.49. The first-order valence-electron chi connectivity index (χ1n) is 5.36. The summed E-state index contributed by atoms with van der Waals surface area (Å²) in [6, 6.07) is 7.58. The molecule has 0 spiro atoms. The fourth-order valence-corrected chi connectivity index (χ4v) is 2.68. The summed E-state index contributed by atoms with van der Waals surface area (Å²) in [7, 11) is -0.854. The van der Waals surface area contributed by atoms with Gasteiger partial charge in [0.2, 0.25) is 10.0 Å². The first kappa shape index (κ1) is 14.6. The second-order valence-corrected chi connectivity index (χ2v) is 5.93. The van der Waals surface area contributed by atoms with Gasteiger partial charge in [-0.05, 0) is 19.1 Å². The summed E-state index contributed by atoms with van der Waals surface area (Å²) in [6.07, 6.45) is 0. The fraction of sp³-hybridized carbons (Fsp3) is 0.417. The van der Waals surface area contributed by atoms with Crippen LogP contribution in [0.15, 0.2) is 29.2 Å². The van der Waals surface area contributed by atoms with Crippen LogP contribution in [0.5, 0.6) is 0 Å². The quantitative estimate of drug-likeness (QED) is 0.803. The molecule has 0 bridgehead atoms. The van der Waals surface area contributed by atoms with Crippen molar-refractivity contribution in [2.24, 2.45) is 0 Å². The van der Waals surface area contributed by atoms with E-state index in [9.17, 15) is 8.42 Å². The SMILES string of the molecule is COC[C@H](C#N)N(C)S(=O)(=O)c1ccc(C)cc1. The van der Waals surface area contributed by atoms with E-state index in [1.807, 2.05) is 13.0 Å². The van der Waals surface area contributed by atoms with E-state index in [1.165, 1.54) is 26.3 Å². The summed E-state index contributed by atoms with van der Waals surface area (Å²) in [6.45, 7) is 1.92. The highest BCUT2D eigenvalue weighted by molar-refractivity contribution is 7.89. The molecule has 0 aliphatic rings. The summed E-state index contributed by atoms with van der Waals surface area (Å²) >= 11 is 0. The van der Waals surface area contributed by atoms with E-state index in [0.717, 1.165) is 9.87 Å². The molecule has 1 rings (SSSR count). The van der Waals surface area contributed by atoms with Gasteiger partial charge in [-0.2, -0.15) is 9.57 Å². The Kier molecular flexibility index (Phi) is 4.84. The van der Waals surface area contributed by atoms with Crippen molar-refractivity contribution in [2.75, 3.05) is 20.8 Å². The lowest BCUT2D eigenvalue weighted by atomic mass is 10.2. The zero-order valence-electron chi connectivity index (χ0n) is 10.6. The van der Waals surface area contributed by atoms with Crippen LogP contribution in [0.1, 0.15) is 5.56 Å². The number of rotatable bonds is 5. The monoisotopic (exact) mass is 268 g/mol. The minimum Gasteiger partial charge on any atom is -0.382 e. The lowest BCUT2D eigenvalue weighted by Gasteiger charge is -2.21. The molecule has 98 valence electrons. The van der Waals surface area contributed by atoms with E-state index in [2.05, 4.69) is 0 Å².